The van der Waals surface area contributed by atoms with Crippen LogP contribution in [0.5, 0.6) is 0 Å². The topological polar surface area (TPSA) is 123 Å². The number of esters is 1. The van der Waals surface area contributed by atoms with Crippen LogP contribution in [-0.4, -0.2) is 26.8 Å². The minimum absolute atomic E-state index is 0.146. The van der Waals surface area contributed by atoms with Crippen LogP contribution < -0.4 is 5.32 Å². The van der Waals surface area contributed by atoms with Crippen LogP contribution in [0, 0.1) is 21.4 Å². The van der Waals surface area contributed by atoms with Gasteiger partial charge in [0.2, 0.25) is 0 Å². The number of fused-ring (bicyclic) bond motifs is 1. The van der Waals surface area contributed by atoms with Gasteiger partial charge >= 0.3 is 5.97 Å². The van der Waals surface area contributed by atoms with E-state index in [0.717, 1.165) is 0 Å². The summed E-state index contributed by atoms with van der Waals surface area (Å²) in [5, 5.41) is 28.1. The lowest BCUT2D eigenvalue weighted by atomic mass is 9.94. The van der Waals surface area contributed by atoms with Crippen LogP contribution in [-0.2, 0) is 9.53 Å². The van der Waals surface area contributed by atoms with E-state index in [1.807, 2.05) is 6.07 Å². The fraction of sp³-hybridized carbons (Fsp3) is 0.278. The molecule has 1 aromatic heterocycles. The number of para-hydroxylation sites is 1. The van der Waals surface area contributed by atoms with E-state index in [-0.39, 0.29) is 28.5 Å². The van der Waals surface area contributed by atoms with Gasteiger partial charge in [-0.05, 0) is 26.8 Å². The Morgan fingerprint density at radius 3 is 2.78 bits per heavy atom. The molecule has 0 aliphatic carbocycles. The summed E-state index contributed by atoms with van der Waals surface area (Å²) in [5.41, 5.74) is 1.07. The van der Waals surface area contributed by atoms with Crippen molar-refractivity contribution in [3.63, 3.8) is 0 Å². The highest BCUT2D eigenvalue weighted by Crippen LogP contribution is 2.40. The summed E-state index contributed by atoms with van der Waals surface area (Å²) in [4.78, 5) is 23.8. The molecule has 0 amide bonds. The third-order valence-electron chi connectivity index (χ3n) is 4.13. The molecule has 9 nitrogen and oxygen atoms in total. The first-order chi connectivity index (χ1) is 12.8. The first-order valence-electron chi connectivity index (χ1n) is 8.24. The number of benzene rings is 1. The van der Waals surface area contributed by atoms with Gasteiger partial charge in [0.25, 0.3) is 5.69 Å². The number of rotatable bonds is 4. The van der Waals surface area contributed by atoms with Crippen molar-refractivity contribution in [2.24, 2.45) is 0 Å². The zero-order chi connectivity index (χ0) is 19.7. The highest BCUT2D eigenvalue weighted by molar-refractivity contribution is 5.93. The molecule has 0 saturated heterocycles. The van der Waals surface area contributed by atoms with Crippen molar-refractivity contribution < 1.29 is 14.5 Å². The number of carbonyl (C=O) groups excluding carboxylic acids is 1. The molecule has 2 heterocycles. The summed E-state index contributed by atoms with van der Waals surface area (Å²) >= 11 is 0. The van der Waals surface area contributed by atoms with Gasteiger partial charge in [0, 0.05) is 11.8 Å². The Bertz CT molecular complexity index is 999. The molecule has 1 atom stereocenters. The summed E-state index contributed by atoms with van der Waals surface area (Å²) in [6.45, 7) is 5.10. The lowest BCUT2D eigenvalue weighted by Crippen LogP contribution is -2.31. The fourth-order valence-corrected chi connectivity index (χ4v) is 3.05. The van der Waals surface area contributed by atoms with Gasteiger partial charge in [-0.15, -0.1) is 0 Å². The van der Waals surface area contributed by atoms with Crippen LogP contribution >= 0.6 is 0 Å². The molecule has 3 rings (SSSR count). The molecule has 0 saturated carbocycles. The molecule has 138 valence electrons. The van der Waals surface area contributed by atoms with Gasteiger partial charge in [0.05, 0.1) is 28.4 Å². The Hall–Kier alpha value is -3.67. The van der Waals surface area contributed by atoms with E-state index >= 15 is 0 Å². The van der Waals surface area contributed by atoms with Gasteiger partial charge in [-0.2, -0.15) is 10.4 Å². The molecular weight excluding hydrogens is 350 g/mol. The molecule has 27 heavy (non-hydrogen) atoms. The number of hydrogen-bond donors (Lipinski definition) is 1. The minimum atomic E-state index is -0.892. The molecule has 1 aliphatic rings. The minimum Gasteiger partial charge on any atom is -0.459 e. The van der Waals surface area contributed by atoms with Crippen LogP contribution in [0.15, 0.2) is 41.7 Å². The third-order valence-corrected chi connectivity index (χ3v) is 4.13. The lowest BCUT2D eigenvalue weighted by molar-refractivity contribution is -0.385. The highest BCUT2D eigenvalue weighted by atomic mass is 16.6. The van der Waals surface area contributed by atoms with Crippen molar-refractivity contribution in [1.82, 2.24) is 9.78 Å². The van der Waals surface area contributed by atoms with E-state index in [9.17, 15) is 20.2 Å². The number of anilines is 1. The largest absolute Gasteiger partial charge is 0.459 e. The van der Waals surface area contributed by atoms with Gasteiger partial charge in [0.15, 0.2) is 0 Å². The second-order valence-corrected chi connectivity index (χ2v) is 6.30. The second-order valence-electron chi connectivity index (χ2n) is 6.30. The standard InChI is InChI=1S/C18H17N5O4/c1-10(2)27-18(24)15-11(3)21-17-12(8-19)9-20-22(17)16(15)13-6-4-5-7-14(13)23(25)26/h4-7,9-10,16,21H,1-3H3. The van der Waals surface area contributed by atoms with Gasteiger partial charge in [-0.3, -0.25) is 10.1 Å². The first-order valence-corrected chi connectivity index (χ1v) is 8.24. The maximum atomic E-state index is 12.8. The molecule has 1 aliphatic heterocycles. The van der Waals surface area contributed by atoms with Crippen LogP contribution in [0.4, 0.5) is 11.5 Å². The lowest BCUT2D eigenvalue weighted by Gasteiger charge is -2.29. The summed E-state index contributed by atoms with van der Waals surface area (Å²) in [7, 11) is 0. The Kier molecular flexibility index (Phi) is 4.64. The maximum Gasteiger partial charge on any atom is 0.338 e. The Morgan fingerprint density at radius 1 is 1.44 bits per heavy atom. The van der Waals surface area contributed by atoms with E-state index in [1.54, 1.807) is 39.0 Å². The van der Waals surface area contributed by atoms with Crippen molar-refractivity contribution >= 4 is 17.5 Å². The van der Waals surface area contributed by atoms with E-state index in [0.29, 0.717) is 11.5 Å². The number of nitrogens with one attached hydrogen (secondary N) is 1. The van der Waals surface area contributed by atoms with E-state index < -0.39 is 16.9 Å². The van der Waals surface area contributed by atoms with Crippen molar-refractivity contribution in [3.8, 4) is 6.07 Å². The molecule has 0 fully saturated rings. The van der Waals surface area contributed by atoms with E-state index in [2.05, 4.69) is 10.4 Å². The molecule has 1 unspecified atom stereocenters. The van der Waals surface area contributed by atoms with Crippen LogP contribution in [0.2, 0.25) is 0 Å². The average Bonchev–Trinajstić information content (AvgIpc) is 3.02. The molecule has 2 aromatic rings. The number of allylic oxidation sites excluding steroid dienone is 1. The van der Waals surface area contributed by atoms with E-state index in [1.165, 1.54) is 16.9 Å². The predicted molar refractivity (Wildman–Crippen MR) is 95.7 cm³/mol. The van der Waals surface area contributed by atoms with Crippen molar-refractivity contribution in [2.75, 3.05) is 5.32 Å². The summed E-state index contributed by atoms with van der Waals surface area (Å²) in [6.07, 6.45) is 0.992. The Labute approximate surface area is 155 Å². The van der Waals surface area contributed by atoms with Gasteiger partial charge in [-0.25, -0.2) is 9.48 Å². The normalized spacial score (nSPS) is 15.7. The van der Waals surface area contributed by atoms with Crippen molar-refractivity contribution in [1.29, 1.82) is 5.26 Å². The fourth-order valence-electron chi connectivity index (χ4n) is 3.05. The molecule has 0 spiro atoms. The summed E-state index contributed by atoms with van der Waals surface area (Å²) in [6, 6.07) is 7.27. The number of ether oxygens (including phenoxy) is 1. The first kappa shape index (κ1) is 18.1. The molecule has 1 aromatic carbocycles. The maximum absolute atomic E-state index is 12.8. The average molecular weight is 367 g/mol. The zero-order valence-electron chi connectivity index (χ0n) is 15.0. The second kappa shape index (κ2) is 6.92. The van der Waals surface area contributed by atoms with Crippen molar-refractivity contribution in [3.05, 3.63) is 63.0 Å². The SMILES string of the molecule is CC1=C(C(=O)OC(C)C)C(c2ccccc2[N+](=O)[O-])n2ncc(C#N)c2N1. The summed E-state index contributed by atoms with van der Waals surface area (Å²) < 4.78 is 6.76. The van der Waals surface area contributed by atoms with Crippen molar-refractivity contribution in [2.45, 2.75) is 32.9 Å². The molecule has 0 radical (unpaired) electrons. The van der Waals surface area contributed by atoms with Crippen LogP contribution in [0.3, 0.4) is 0 Å². The number of nitro benzene ring substituents is 1. The number of carbonyl (C=O) groups is 1. The Balaban J connectivity index is 2.26. The molecular formula is C18H17N5O4. The number of nitriles is 1. The smallest absolute Gasteiger partial charge is 0.338 e. The number of hydrogen-bond acceptors (Lipinski definition) is 7. The number of nitrogens with zero attached hydrogens (tertiary/aromatic N) is 4. The summed E-state index contributed by atoms with van der Waals surface area (Å²) in [5.74, 6) is -0.225. The molecule has 9 heteroatoms. The van der Waals surface area contributed by atoms with Crippen LogP contribution in [0.1, 0.15) is 37.9 Å². The van der Waals surface area contributed by atoms with Gasteiger partial charge < -0.3 is 10.1 Å². The quantitative estimate of drug-likeness (QED) is 0.500. The predicted octanol–water partition coefficient (Wildman–Crippen LogP) is 2.90. The number of nitro groups is 1. The van der Waals surface area contributed by atoms with E-state index in [4.69, 9.17) is 4.74 Å². The third kappa shape index (κ3) is 3.13. The molecule has 1 N–H and O–H groups in total. The van der Waals surface area contributed by atoms with Crippen LogP contribution in [0.25, 0.3) is 0 Å². The Morgan fingerprint density at radius 2 is 2.15 bits per heavy atom. The highest BCUT2D eigenvalue weighted by Gasteiger charge is 2.38. The monoisotopic (exact) mass is 367 g/mol. The van der Waals surface area contributed by atoms with Gasteiger partial charge in [-0.1, -0.05) is 12.1 Å². The van der Waals surface area contributed by atoms with Gasteiger partial charge in [0.1, 0.15) is 23.5 Å². The number of aromatic nitrogens is 2. The molecule has 0 bridgehead atoms. The zero-order valence-corrected chi connectivity index (χ0v) is 15.0.